The summed E-state index contributed by atoms with van der Waals surface area (Å²) in [7, 11) is 0. The molecule has 1 aromatic carbocycles. The molecule has 1 rings (SSSR count). The topological polar surface area (TPSA) is 0 Å². The Morgan fingerprint density at radius 1 is 1.14 bits per heavy atom. The third-order valence-corrected chi connectivity index (χ3v) is 2.15. The Morgan fingerprint density at radius 3 is 2.50 bits per heavy atom. The van der Waals surface area contributed by atoms with Gasteiger partial charge in [0.1, 0.15) is 0 Å². The summed E-state index contributed by atoms with van der Waals surface area (Å²) in [6.45, 7) is 11.5. The smallest absolute Gasteiger partial charge is 0.00941 e. The van der Waals surface area contributed by atoms with Crippen LogP contribution in [0.1, 0.15) is 17.5 Å². The molecule has 0 aromatic heterocycles. The lowest BCUT2D eigenvalue weighted by molar-refractivity contribution is 1.24. The van der Waals surface area contributed by atoms with E-state index in [2.05, 4.69) is 31.9 Å². The van der Waals surface area contributed by atoms with Crippen molar-refractivity contribution in [3.8, 4) is 0 Å². The fourth-order valence-electron chi connectivity index (χ4n) is 1.48. The Hall–Kier alpha value is -1.56. The van der Waals surface area contributed by atoms with Crippen molar-refractivity contribution in [2.75, 3.05) is 0 Å². The van der Waals surface area contributed by atoms with Crippen LogP contribution in [0.3, 0.4) is 0 Å². The first-order chi connectivity index (χ1) is 6.79. The van der Waals surface area contributed by atoms with Crippen LogP contribution >= 0.6 is 0 Å². The monoisotopic (exact) mass is 184 g/mol. The maximum Gasteiger partial charge on any atom is -0.00941 e. The zero-order chi connectivity index (χ0) is 10.4. The second kappa shape index (κ2) is 5.23. The van der Waals surface area contributed by atoms with Gasteiger partial charge in [0.2, 0.25) is 0 Å². The van der Waals surface area contributed by atoms with Crippen LogP contribution in [0.5, 0.6) is 0 Å². The van der Waals surface area contributed by atoms with Gasteiger partial charge in [0.25, 0.3) is 0 Å². The normalized spacial score (nSPS) is 9.43. The Balaban J connectivity index is 2.99. The molecule has 0 spiro atoms. The SMILES string of the molecule is C=CCC(=C)c1ccccc1CC=C. The van der Waals surface area contributed by atoms with Crippen molar-refractivity contribution < 1.29 is 0 Å². The summed E-state index contributed by atoms with van der Waals surface area (Å²) in [5.41, 5.74) is 3.64. The minimum Gasteiger partial charge on any atom is -0.103 e. The van der Waals surface area contributed by atoms with Gasteiger partial charge in [-0.2, -0.15) is 0 Å². The van der Waals surface area contributed by atoms with Gasteiger partial charge in [-0.05, 0) is 29.5 Å². The third-order valence-electron chi connectivity index (χ3n) is 2.15. The van der Waals surface area contributed by atoms with Gasteiger partial charge in [0, 0.05) is 0 Å². The van der Waals surface area contributed by atoms with Crippen molar-refractivity contribution in [1.82, 2.24) is 0 Å². The second-order valence-corrected chi connectivity index (χ2v) is 3.25. The van der Waals surface area contributed by atoms with Crippen molar-refractivity contribution in [3.63, 3.8) is 0 Å². The van der Waals surface area contributed by atoms with Crippen LogP contribution in [0.25, 0.3) is 5.57 Å². The molecule has 0 aliphatic rings. The summed E-state index contributed by atoms with van der Waals surface area (Å²) in [5.74, 6) is 0. The van der Waals surface area contributed by atoms with Gasteiger partial charge in [-0.25, -0.2) is 0 Å². The summed E-state index contributed by atoms with van der Waals surface area (Å²) in [4.78, 5) is 0. The average Bonchev–Trinajstić information content (AvgIpc) is 2.19. The van der Waals surface area contributed by atoms with Gasteiger partial charge >= 0.3 is 0 Å². The molecule has 0 nitrogen and oxygen atoms in total. The highest BCUT2D eigenvalue weighted by molar-refractivity contribution is 5.67. The molecule has 0 fully saturated rings. The predicted molar refractivity (Wildman–Crippen MR) is 64.2 cm³/mol. The molecule has 0 N–H and O–H groups in total. The largest absolute Gasteiger partial charge is 0.103 e. The van der Waals surface area contributed by atoms with Crippen molar-refractivity contribution in [1.29, 1.82) is 0 Å². The van der Waals surface area contributed by atoms with Crippen LogP contribution in [0.4, 0.5) is 0 Å². The van der Waals surface area contributed by atoms with E-state index in [0.717, 1.165) is 18.4 Å². The average molecular weight is 184 g/mol. The zero-order valence-corrected chi connectivity index (χ0v) is 8.50. The fourth-order valence-corrected chi connectivity index (χ4v) is 1.48. The molecule has 0 aliphatic carbocycles. The third kappa shape index (κ3) is 2.46. The van der Waals surface area contributed by atoms with E-state index in [1.54, 1.807) is 0 Å². The van der Waals surface area contributed by atoms with E-state index in [0.29, 0.717) is 0 Å². The first kappa shape index (κ1) is 10.5. The minimum atomic E-state index is 0.841. The molecule has 0 unspecified atom stereocenters. The fraction of sp³-hybridized carbons (Fsp3) is 0.143. The Kier molecular flexibility index (Phi) is 3.93. The van der Waals surface area contributed by atoms with Crippen molar-refractivity contribution in [3.05, 3.63) is 67.3 Å². The molecule has 0 amide bonds. The lowest BCUT2D eigenvalue weighted by Gasteiger charge is -2.08. The number of benzene rings is 1. The van der Waals surface area contributed by atoms with E-state index >= 15 is 0 Å². The van der Waals surface area contributed by atoms with Crippen molar-refractivity contribution >= 4 is 5.57 Å². The first-order valence-corrected chi connectivity index (χ1v) is 4.77. The molecule has 0 saturated heterocycles. The second-order valence-electron chi connectivity index (χ2n) is 3.25. The van der Waals surface area contributed by atoms with E-state index in [1.165, 1.54) is 11.1 Å². The van der Waals surface area contributed by atoms with E-state index in [9.17, 15) is 0 Å². The maximum absolute atomic E-state index is 4.05. The molecule has 0 bridgehead atoms. The number of hydrogen-bond donors (Lipinski definition) is 0. The Labute approximate surface area is 86.3 Å². The minimum absolute atomic E-state index is 0.841. The molecule has 72 valence electrons. The first-order valence-electron chi connectivity index (χ1n) is 4.77. The van der Waals surface area contributed by atoms with Crippen LogP contribution in [0.2, 0.25) is 0 Å². The van der Waals surface area contributed by atoms with Gasteiger partial charge in [0.15, 0.2) is 0 Å². The summed E-state index contributed by atoms with van der Waals surface area (Å²) < 4.78 is 0. The lowest BCUT2D eigenvalue weighted by atomic mass is 9.97. The molecule has 0 saturated carbocycles. The van der Waals surface area contributed by atoms with Crippen LogP contribution in [-0.4, -0.2) is 0 Å². The maximum atomic E-state index is 4.05. The molecule has 1 aromatic rings. The highest BCUT2D eigenvalue weighted by Gasteiger charge is 2.02. The van der Waals surface area contributed by atoms with E-state index in [1.807, 2.05) is 24.3 Å². The van der Waals surface area contributed by atoms with Crippen LogP contribution in [0, 0.1) is 0 Å². The van der Waals surface area contributed by atoms with E-state index in [-0.39, 0.29) is 0 Å². The summed E-state index contributed by atoms with van der Waals surface area (Å²) in [6.07, 6.45) is 5.54. The Morgan fingerprint density at radius 2 is 1.86 bits per heavy atom. The summed E-state index contributed by atoms with van der Waals surface area (Å²) in [6, 6.07) is 8.30. The molecule has 0 heteroatoms. The number of hydrogen-bond acceptors (Lipinski definition) is 0. The summed E-state index contributed by atoms with van der Waals surface area (Å²) >= 11 is 0. The van der Waals surface area contributed by atoms with Gasteiger partial charge in [-0.1, -0.05) is 43.0 Å². The van der Waals surface area contributed by atoms with E-state index < -0.39 is 0 Å². The summed E-state index contributed by atoms with van der Waals surface area (Å²) in [5, 5.41) is 0. The molecular weight excluding hydrogens is 168 g/mol. The quantitative estimate of drug-likeness (QED) is 0.607. The highest BCUT2D eigenvalue weighted by Crippen LogP contribution is 2.21. The van der Waals surface area contributed by atoms with E-state index in [4.69, 9.17) is 0 Å². The molecule has 0 radical (unpaired) electrons. The van der Waals surface area contributed by atoms with Gasteiger partial charge < -0.3 is 0 Å². The van der Waals surface area contributed by atoms with Gasteiger partial charge in [-0.3, -0.25) is 0 Å². The number of allylic oxidation sites excluding steroid dienone is 3. The van der Waals surface area contributed by atoms with Gasteiger partial charge in [-0.15, -0.1) is 13.2 Å². The zero-order valence-electron chi connectivity index (χ0n) is 8.50. The molecule has 0 heterocycles. The predicted octanol–water partition coefficient (Wildman–Crippen LogP) is 4.00. The lowest BCUT2D eigenvalue weighted by Crippen LogP contribution is -1.90. The molecule has 0 atom stereocenters. The van der Waals surface area contributed by atoms with Crippen molar-refractivity contribution in [2.24, 2.45) is 0 Å². The van der Waals surface area contributed by atoms with Crippen LogP contribution in [-0.2, 0) is 6.42 Å². The highest BCUT2D eigenvalue weighted by atomic mass is 14.1. The Bertz CT molecular complexity index is 345. The van der Waals surface area contributed by atoms with Crippen LogP contribution < -0.4 is 0 Å². The molecule has 14 heavy (non-hydrogen) atoms. The standard InChI is InChI=1S/C14H16/c1-4-8-12(3)14-11-7-6-10-13(14)9-5-2/h4-7,10-11H,1-3,8-9H2. The molecular formula is C14H16. The van der Waals surface area contributed by atoms with Gasteiger partial charge in [0.05, 0.1) is 0 Å². The van der Waals surface area contributed by atoms with Crippen molar-refractivity contribution in [2.45, 2.75) is 12.8 Å². The van der Waals surface area contributed by atoms with Crippen LogP contribution in [0.15, 0.2) is 56.2 Å². The number of rotatable bonds is 5. The molecule has 0 aliphatic heterocycles.